The van der Waals surface area contributed by atoms with Gasteiger partial charge < -0.3 is 5.32 Å². The molecule has 1 aromatic rings. The predicted molar refractivity (Wildman–Crippen MR) is 56.4 cm³/mol. The highest BCUT2D eigenvalue weighted by Crippen LogP contribution is 2.35. The topological polar surface area (TPSA) is 42.0 Å². The van der Waals surface area contributed by atoms with Crippen molar-refractivity contribution in [1.82, 2.24) is 10.3 Å². The van der Waals surface area contributed by atoms with Gasteiger partial charge in [-0.2, -0.15) is 0 Å². The molecule has 1 saturated heterocycles. The van der Waals surface area contributed by atoms with Crippen LogP contribution in [-0.4, -0.2) is 16.9 Å². The lowest BCUT2D eigenvalue weighted by atomic mass is 9.93. The molecule has 3 nitrogen and oxygen atoms in total. The monoisotopic (exact) mass is 210 g/mol. The van der Waals surface area contributed by atoms with E-state index in [1.165, 1.54) is 4.88 Å². The first kappa shape index (κ1) is 9.65. The average molecular weight is 210 g/mol. The van der Waals surface area contributed by atoms with Crippen molar-refractivity contribution in [3.63, 3.8) is 0 Å². The van der Waals surface area contributed by atoms with Gasteiger partial charge in [0.1, 0.15) is 0 Å². The molecule has 3 atom stereocenters. The summed E-state index contributed by atoms with van der Waals surface area (Å²) in [6.45, 7) is 6.06. The third-order valence-corrected chi connectivity index (χ3v) is 3.80. The zero-order valence-corrected chi connectivity index (χ0v) is 9.39. The molecule has 1 fully saturated rings. The van der Waals surface area contributed by atoms with Crippen LogP contribution in [0.1, 0.15) is 29.7 Å². The zero-order valence-electron chi connectivity index (χ0n) is 8.57. The van der Waals surface area contributed by atoms with Gasteiger partial charge in [-0.3, -0.25) is 4.79 Å². The first-order valence-electron chi connectivity index (χ1n) is 4.82. The second-order valence-corrected chi connectivity index (χ2v) is 5.19. The van der Waals surface area contributed by atoms with Crippen LogP contribution in [0.25, 0.3) is 0 Å². The van der Waals surface area contributed by atoms with Crippen molar-refractivity contribution in [2.24, 2.45) is 5.92 Å². The fourth-order valence-corrected chi connectivity index (χ4v) is 3.08. The van der Waals surface area contributed by atoms with Crippen molar-refractivity contribution in [2.75, 3.05) is 0 Å². The lowest BCUT2D eigenvalue weighted by molar-refractivity contribution is -0.122. The number of hydrogen-bond donors (Lipinski definition) is 1. The third kappa shape index (κ3) is 1.43. The van der Waals surface area contributed by atoms with Gasteiger partial charge in [0.15, 0.2) is 0 Å². The largest absolute Gasteiger partial charge is 0.353 e. The molecule has 1 amide bonds. The van der Waals surface area contributed by atoms with Crippen LogP contribution in [0.5, 0.6) is 0 Å². The van der Waals surface area contributed by atoms with E-state index < -0.39 is 0 Å². The molecular formula is C10H14N2OS. The van der Waals surface area contributed by atoms with E-state index in [4.69, 9.17) is 0 Å². The number of aromatic nitrogens is 1. The Hall–Kier alpha value is -0.900. The maximum atomic E-state index is 11.4. The van der Waals surface area contributed by atoms with Crippen LogP contribution in [0.4, 0.5) is 0 Å². The van der Waals surface area contributed by atoms with Crippen LogP contribution < -0.4 is 5.32 Å². The van der Waals surface area contributed by atoms with Crippen LogP contribution in [0.2, 0.25) is 0 Å². The quantitative estimate of drug-likeness (QED) is 0.766. The Morgan fingerprint density at radius 2 is 2.21 bits per heavy atom. The maximum Gasteiger partial charge on any atom is 0.223 e. The molecule has 0 spiro atoms. The summed E-state index contributed by atoms with van der Waals surface area (Å²) in [6, 6.07) is 0.211. The van der Waals surface area contributed by atoms with E-state index in [1.807, 2.05) is 27.0 Å². The van der Waals surface area contributed by atoms with Crippen molar-refractivity contribution in [1.29, 1.82) is 0 Å². The smallest absolute Gasteiger partial charge is 0.223 e. The fraction of sp³-hybridized carbons (Fsp3) is 0.600. The number of thiazole rings is 1. The van der Waals surface area contributed by atoms with E-state index in [-0.39, 0.29) is 23.8 Å². The number of aryl methyl sites for hydroxylation is 1. The van der Waals surface area contributed by atoms with Crippen molar-refractivity contribution < 1.29 is 4.79 Å². The van der Waals surface area contributed by atoms with Gasteiger partial charge in [0.05, 0.1) is 5.01 Å². The molecule has 2 rings (SSSR count). The number of hydrogen-bond acceptors (Lipinski definition) is 3. The lowest BCUT2D eigenvalue weighted by Gasteiger charge is -2.13. The fourth-order valence-electron chi connectivity index (χ4n) is 2.00. The SMILES string of the molecule is Cc1cnc(C2C(C)NC(=O)C2C)s1. The van der Waals surface area contributed by atoms with Gasteiger partial charge in [-0.15, -0.1) is 11.3 Å². The molecule has 14 heavy (non-hydrogen) atoms. The summed E-state index contributed by atoms with van der Waals surface area (Å²) in [6.07, 6.45) is 1.88. The van der Waals surface area contributed by atoms with Gasteiger partial charge in [-0.1, -0.05) is 6.92 Å². The van der Waals surface area contributed by atoms with Gasteiger partial charge >= 0.3 is 0 Å². The van der Waals surface area contributed by atoms with E-state index in [2.05, 4.69) is 10.3 Å². The Labute approximate surface area is 87.6 Å². The van der Waals surface area contributed by atoms with Crippen LogP contribution in [0.15, 0.2) is 6.20 Å². The number of nitrogens with zero attached hydrogens (tertiary/aromatic N) is 1. The summed E-state index contributed by atoms with van der Waals surface area (Å²) < 4.78 is 0. The highest BCUT2D eigenvalue weighted by Gasteiger charge is 2.39. The molecule has 76 valence electrons. The second-order valence-electron chi connectivity index (χ2n) is 3.92. The molecule has 1 aliphatic rings. The van der Waals surface area contributed by atoms with E-state index in [0.29, 0.717) is 0 Å². The van der Waals surface area contributed by atoms with Crippen LogP contribution in [-0.2, 0) is 4.79 Å². The molecule has 0 aromatic carbocycles. The minimum absolute atomic E-state index is 0.0514. The van der Waals surface area contributed by atoms with E-state index in [0.717, 1.165) is 5.01 Å². The number of nitrogens with one attached hydrogen (secondary N) is 1. The van der Waals surface area contributed by atoms with Gasteiger partial charge in [0, 0.05) is 29.0 Å². The minimum Gasteiger partial charge on any atom is -0.353 e. The Kier molecular flexibility index (Phi) is 2.31. The van der Waals surface area contributed by atoms with Crippen LogP contribution in [0, 0.1) is 12.8 Å². The first-order chi connectivity index (χ1) is 6.59. The molecule has 2 heterocycles. The minimum atomic E-state index is 0.0514. The highest BCUT2D eigenvalue weighted by atomic mass is 32.1. The van der Waals surface area contributed by atoms with E-state index in [9.17, 15) is 4.79 Å². The zero-order chi connectivity index (χ0) is 10.3. The number of carbonyl (C=O) groups is 1. The van der Waals surface area contributed by atoms with Gasteiger partial charge in [0.2, 0.25) is 5.91 Å². The van der Waals surface area contributed by atoms with Gasteiger partial charge in [-0.05, 0) is 13.8 Å². The predicted octanol–water partition coefficient (Wildman–Crippen LogP) is 1.69. The third-order valence-electron chi connectivity index (χ3n) is 2.79. The summed E-state index contributed by atoms with van der Waals surface area (Å²) in [5.41, 5.74) is 0. The standard InChI is InChI=1S/C10H14N2OS/c1-5-4-11-10(14-5)8-6(2)9(13)12-7(8)3/h4,6-8H,1-3H3,(H,12,13). The van der Waals surface area contributed by atoms with Crippen LogP contribution >= 0.6 is 11.3 Å². The van der Waals surface area contributed by atoms with Crippen LogP contribution in [0.3, 0.4) is 0 Å². The summed E-state index contributed by atoms with van der Waals surface area (Å²) >= 11 is 1.69. The number of rotatable bonds is 1. The van der Waals surface area contributed by atoms with Gasteiger partial charge in [-0.25, -0.2) is 4.98 Å². The molecule has 1 aliphatic heterocycles. The van der Waals surface area contributed by atoms with E-state index in [1.54, 1.807) is 11.3 Å². The number of amides is 1. The number of carbonyl (C=O) groups excluding carboxylic acids is 1. The van der Waals surface area contributed by atoms with Crippen molar-refractivity contribution in [3.8, 4) is 0 Å². The maximum absolute atomic E-state index is 11.4. The molecule has 4 heteroatoms. The second kappa shape index (κ2) is 3.35. The summed E-state index contributed by atoms with van der Waals surface area (Å²) in [5.74, 6) is 0.451. The molecule has 3 unspecified atom stereocenters. The van der Waals surface area contributed by atoms with E-state index >= 15 is 0 Å². The average Bonchev–Trinajstić information content (AvgIpc) is 2.60. The molecule has 0 saturated carbocycles. The Morgan fingerprint density at radius 3 is 2.64 bits per heavy atom. The normalized spacial score (nSPS) is 31.9. The van der Waals surface area contributed by atoms with Crippen molar-refractivity contribution in [2.45, 2.75) is 32.7 Å². The molecular weight excluding hydrogens is 196 g/mol. The summed E-state index contributed by atoms with van der Waals surface area (Å²) in [5, 5.41) is 4.04. The molecule has 1 aromatic heterocycles. The van der Waals surface area contributed by atoms with Crippen molar-refractivity contribution in [3.05, 3.63) is 16.1 Å². The first-order valence-corrected chi connectivity index (χ1v) is 5.64. The van der Waals surface area contributed by atoms with Crippen molar-refractivity contribution >= 4 is 17.2 Å². The van der Waals surface area contributed by atoms with Gasteiger partial charge in [0.25, 0.3) is 0 Å². The summed E-state index contributed by atoms with van der Waals surface area (Å²) in [4.78, 5) is 17.0. The highest BCUT2D eigenvalue weighted by molar-refractivity contribution is 7.11. The lowest BCUT2D eigenvalue weighted by Crippen LogP contribution is -2.24. The Balaban J connectivity index is 2.30. The molecule has 0 radical (unpaired) electrons. The molecule has 0 aliphatic carbocycles. The Bertz CT molecular complexity index is 361. The summed E-state index contributed by atoms with van der Waals surface area (Å²) in [7, 11) is 0. The molecule has 0 bridgehead atoms. The Morgan fingerprint density at radius 1 is 1.50 bits per heavy atom. The molecule has 1 N–H and O–H groups in total.